The van der Waals surface area contributed by atoms with E-state index in [0.29, 0.717) is 0 Å². The van der Waals surface area contributed by atoms with Crippen LogP contribution >= 0.6 is 0 Å². The van der Waals surface area contributed by atoms with Crippen LogP contribution in [0.5, 0.6) is 5.75 Å². The summed E-state index contributed by atoms with van der Waals surface area (Å²) in [7, 11) is 0. The van der Waals surface area contributed by atoms with E-state index in [1.165, 1.54) is 70.6 Å². The third-order valence-corrected chi connectivity index (χ3v) is 8.50. The Bertz CT molecular complexity index is 583. The average Bonchev–Trinajstić information content (AvgIpc) is 2.74. The predicted molar refractivity (Wildman–Crippen MR) is 119 cm³/mol. The first-order valence-corrected chi connectivity index (χ1v) is 12.4. The van der Waals surface area contributed by atoms with E-state index in [1.807, 2.05) is 0 Å². The van der Waals surface area contributed by atoms with Gasteiger partial charge in [0.15, 0.2) is 0 Å². The molecule has 0 amide bonds. The Labute approximate surface area is 173 Å². The summed E-state index contributed by atoms with van der Waals surface area (Å²) in [5.74, 6) is 6.94. The van der Waals surface area contributed by atoms with E-state index in [-0.39, 0.29) is 0 Å². The van der Waals surface area contributed by atoms with E-state index in [9.17, 15) is 0 Å². The zero-order valence-electron chi connectivity index (χ0n) is 18.4. The number of ether oxygens (including phenoxy) is 1. The van der Waals surface area contributed by atoms with E-state index in [4.69, 9.17) is 4.74 Å². The highest BCUT2D eigenvalue weighted by atomic mass is 16.5. The van der Waals surface area contributed by atoms with Crippen LogP contribution in [0, 0.1) is 29.6 Å². The van der Waals surface area contributed by atoms with Crippen LogP contribution in [0.4, 0.5) is 0 Å². The summed E-state index contributed by atoms with van der Waals surface area (Å²) in [6.45, 7) is 5.26. The molecule has 3 aliphatic carbocycles. The Kier molecular flexibility index (Phi) is 7.02. The fourth-order valence-corrected chi connectivity index (χ4v) is 6.64. The van der Waals surface area contributed by atoms with Crippen LogP contribution < -0.4 is 4.74 Å². The summed E-state index contributed by atoms with van der Waals surface area (Å²) < 4.78 is 5.62. The first-order valence-electron chi connectivity index (χ1n) is 12.4. The van der Waals surface area contributed by atoms with Crippen molar-refractivity contribution >= 4 is 0 Å². The molecular formula is C27H42O. The number of hydrogen-bond acceptors (Lipinski definition) is 1. The van der Waals surface area contributed by atoms with Crippen molar-refractivity contribution in [3.8, 4) is 5.75 Å². The molecule has 0 spiro atoms. The molecule has 0 heterocycles. The molecular weight excluding hydrogens is 340 g/mol. The molecule has 1 nitrogen and oxygen atoms in total. The first-order chi connectivity index (χ1) is 13.7. The van der Waals surface area contributed by atoms with E-state index in [1.54, 1.807) is 12.0 Å². The predicted octanol–water partition coefficient (Wildman–Crippen LogP) is 7.99. The smallest absolute Gasteiger partial charge is 0.119 e. The lowest BCUT2D eigenvalue weighted by Gasteiger charge is -2.42. The van der Waals surface area contributed by atoms with E-state index < -0.39 is 0 Å². The number of rotatable bonds is 6. The second-order valence-electron chi connectivity index (χ2n) is 10.4. The molecule has 0 aliphatic heterocycles. The van der Waals surface area contributed by atoms with Crippen molar-refractivity contribution in [2.45, 2.75) is 96.8 Å². The average molecular weight is 383 g/mol. The zero-order chi connectivity index (χ0) is 19.3. The molecule has 0 N–H and O–H groups in total. The van der Waals surface area contributed by atoms with E-state index >= 15 is 0 Å². The molecule has 1 heteroatoms. The van der Waals surface area contributed by atoms with Crippen molar-refractivity contribution in [1.82, 2.24) is 0 Å². The maximum absolute atomic E-state index is 5.62. The summed E-state index contributed by atoms with van der Waals surface area (Å²) >= 11 is 0. The number of hydrogen-bond donors (Lipinski definition) is 0. The van der Waals surface area contributed by atoms with Gasteiger partial charge < -0.3 is 4.74 Å². The number of fused-ring (bicyclic) bond motifs is 1. The highest BCUT2D eigenvalue weighted by molar-refractivity contribution is 5.29. The quantitative estimate of drug-likeness (QED) is 0.484. The maximum Gasteiger partial charge on any atom is 0.119 e. The Morgan fingerprint density at radius 3 is 2.14 bits per heavy atom. The molecule has 3 aliphatic rings. The Morgan fingerprint density at radius 2 is 1.39 bits per heavy atom. The summed E-state index contributed by atoms with van der Waals surface area (Å²) in [5, 5.41) is 0. The van der Waals surface area contributed by atoms with Crippen LogP contribution in [0.1, 0.15) is 102 Å². The van der Waals surface area contributed by atoms with Gasteiger partial charge in [-0.2, -0.15) is 0 Å². The second-order valence-corrected chi connectivity index (χ2v) is 10.4. The molecule has 0 bridgehead atoms. The minimum atomic E-state index is 0.758. The van der Waals surface area contributed by atoms with Gasteiger partial charge in [-0.05, 0) is 92.2 Å². The van der Waals surface area contributed by atoms with Crippen LogP contribution in [0.15, 0.2) is 24.3 Å². The van der Waals surface area contributed by atoms with Crippen molar-refractivity contribution in [2.24, 2.45) is 29.6 Å². The van der Waals surface area contributed by atoms with Gasteiger partial charge in [-0.3, -0.25) is 0 Å². The Morgan fingerprint density at radius 1 is 0.750 bits per heavy atom. The van der Waals surface area contributed by atoms with Gasteiger partial charge in [-0.25, -0.2) is 0 Å². The third-order valence-electron chi connectivity index (χ3n) is 8.50. The lowest BCUT2D eigenvalue weighted by molar-refractivity contribution is 0.109. The molecule has 0 radical (unpaired) electrons. The van der Waals surface area contributed by atoms with Crippen LogP contribution in [-0.2, 0) is 0 Å². The molecule has 3 fully saturated rings. The molecule has 28 heavy (non-hydrogen) atoms. The van der Waals surface area contributed by atoms with Crippen molar-refractivity contribution in [1.29, 1.82) is 0 Å². The topological polar surface area (TPSA) is 9.23 Å². The SMILES string of the molecule is CCOc1ccc(C2CCC3CC(CCC4CCC(C)CC4)CCC3C2)cc1. The molecule has 4 unspecified atom stereocenters. The highest BCUT2D eigenvalue weighted by Crippen LogP contribution is 2.49. The first kappa shape index (κ1) is 20.3. The van der Waals surface area contributed by atoms with Crippen LogP contribution in [-0.4, -0.2) is 6.61 Å². The summed E-state index contributed by atoms with van der Waals surface area (Å²) in [4.78, 5) is 0. The van der Waals surface area contributed by atoms with E-state index in [0.717, 1.165) is 47.9 Å². The molecule has 0 saturated heterocycles. The standard InChI is InChI=1S/C27H42O/c1-3-28-27-16-14-23(15-17-27)25-13-12-24-18-22(10-11-26(24)19-25)9-8-21-6-4-20(2)5-7-21/h14-17,20-22,24-26H,3-13,18-19H2,1-2H3. The van der Waals surface area contributed by atoms with Gasteiger partial charge in [0.1, 0.15) is 5.75 Å². The fourth-order valence-electron chi connectivity index (χ4n) is 6.64. The van der Waals surface area contributed by atoms with E-state index in [2.05, 4.69) is 38.1 Å². The molecule has 4 atom stereocenters. The molecule has 1 aromatic rings. The van der Waals surface area contributed by atoms with Crippen LogP contribution in [0.2, 0.25) is 0 Å². The van der Waals surface area contributed by atoms with Gasteiger partial charge in [-0.1, -0.05) is 64.0 Å². The lowest BCUT2D eigenvalue weighted by Crippen LogP contribution is -2.30. The molecule has 1 aromatic carbocycles. The fraction of sp³-hybridized carbons (Fsp3) is 0.778. The normalized spacial score (nSPS) is 35.9. The summed E-state index contributed by atoms with van der Waals surface area (Å²) in [6.07, 6.45) is 18.0. The molecule has 0 aromatic heterocycles. The van der Waals surface area contributed by atoms with Gasteiger partial charge in [0.2, 0.25) is 0 Å². The monoisotopic (exact) mass is 382 g/mol. The second kappa shape index (κ2) is 9.68. The van der Waals surface area contributed by atoms with Gasteiger partial charge in [0, 0.05) is 0 Å². The Hall–Kier alpha value is -0.980. The van der Waals surface area contributed by atoms with Crippen LogP contribution in [0.25, 0.3) is 0 Å². The molecule has 4 rings (SSSR count). The van der Waals surface area contributed by atoms with Crippen molar-refractivity contribution in [3.63, 3.8) is 0 Å². The summed E-state index contributed by atoms with van der Waals surface area (Å²) in [6, 6.07) is 9.00. The highest BCUT2D eigenvalue weighted by Gasteiger charge is 2.36. The maximum atomic E-state index is 5.62. The summed E-state index contributed by atoms with van der Waals surface area (Å²) in [5.41, 5.74) is 1.55. The molecule has 3 saturated carbocycles. The van der Waals surface area contributed by atoms with Gasteiger partial charge in [0.05, 0.1) is 6.61 Å². The minimum Gasteiger partial charge on any atom is -0.494 e. The van der Waals surface area contributed by atoms with Gasteiger partial charge >= 0.3 is 0 Å². The van der Waals surface area contributed by atoms with Crippen LogP contribution in [0.3, 0.4) is 0 Å². The Balaban J connectivity index is 1.23. The van der Waals surface area contributed by atoms with Crippen molar-refractivity contribution in [2.75, 3.05) is 6.61 Å². The lowest BCUT2D eigenvalue weighted by atomic mass is 9.63. The molecule has 156 valence electrons. The van der Waals surface area contributed by atoms with Gasteiger partial charge in [-0.15, -0.1) is 0 Å². The third kappa shape index (κ3) is 5.14. The largest absolute Gasteiger partial charge is 0.494 e. The van der Waals surface area contributed by atoms with Gasteiger partial charge in [0.25, 0.3) is 0 Å². The minimum absolute atomic E-state index is 0.758. The number of benzene rings is 1. The van der Waals surface area contributed by atoms with Crippen molar-refractivity contribution in [3.05, 3.63) is 29.8 Å². The van der Waals surface area contributed by atoms with Crippen molar-refractivity contribution < 1.29 is 4.74 Å². The zero-order valence-corrected chi connectivity index (χ0v) is 18.4.